The van der Waals surface area contributed by atoms with E-state index in [1.807, 2.05) is 74.0 Å². The van der Waals surface area contributed by atoms with Crippen LogP contribution in [0.15, 0.2) is 54.6 Å². The normalized spacial score (nSPS) is 10.9. The van der Waals surface area contributed by atoms with Gasteiger partial charge in [0.25, 0.3) is 11.8 Å². The Morgan fingerprint density at radius 1 is 0.967 bits per heavy atom. The third-order valence-electron chi connectivity index (χ3n) is 4.92. The minimum atomic E-state index is -0.347. The van der Waals surface area contributed by atoms with E-state index in [2.05, 4.69) is 16.0 Å². The molecule has 2 aromatic heterocycles. The third kappa shape index (κ3) is 3.97. The number of amides is 2. The second kappa shape index (κ2) is 8.12. The molecule has 0 aliphatic heterocycles. The van der Waals surface area contributed by atoms with Gasteiger partial charge in [-0.25, -0.2) is 0 Å². The van der Waals surface area contributed by atoms with E-state index >= 15 is 0 Å². The summed E-state index contributed by atoms with van der Waals surface area (Å²) >= 11 is 1.36. The highest BCUT2D eigenvalue weighted by molar-refractivity contribution is 7.20. The molecule has 2 aromatic carbocycles. The zero-order valence-corrected chi connectivity index (χ0v) is 17.8. The Hall–Kier alpha value is -3.45. The lowest BCUT2D eigenvalue weighted by Gasteiger charge is -2.09. The summed E-state index contributed by atoms with van der Waals surface area (Å²) in [6.07, 6.45) is 0. The fraction of sp³-hybridized carbons (Fsp3) is 0.174. The van der Waals surface area contributed by atoms with Crippen molar-refractivity contribution in [2.24, 2.45) is 0 Å². The number of rotatable bonds is 4. The van der Waals surface area contributed by atoms with Gasteiger partial charge in [-0.15, -0.1) is 11.3 Å². The predicted octanol–water partition coefficient (Wildman–Crippen LogP) is 4.15. The Balaban J connectivity index is 1.49. The molecule has 6 nitrogen and oxygen atoms in total. The SMILES string of the molecule is Cc1ccc(C(=O)NNC(=O)c2cc3c(C)nn(Cc4ccccc4)c3s2)c(C)c1. The molecule has 0 saturated heterocycles. The maximum Gasteiger partial charge on any atom is 0.279 e. The van der Waals surface area contributed by atoms with Gasteiger partial charge in [0.1, 0.15) is 4.83 Å². The molecule has 30 heavy (non-hydrogen) atoms. The van der Waals surface area contributed by atoms with Gasteiger partial charge >= 0.3 is 0 Å². The second-order valence-electron chi connectivity index (χ2n) is 7.28. The Morgan fingerprint density at radius 2 is 1.70 bits per heavy atom. The molecule has 0 aliphatic carbocycles. The molecule has 0 radical (unpaired) electrons. The molecule has 2 N–H and O–H groups in total. The number of hydrogen-bond acceptors (Lipinski definition) is 4. The van der Waals surface area contributed by atoms with E-state index in [0.29, 0.717) is 17.0 Å². The van der Waals surface area contributed by atoms with Gasteiger partial charge in [0.05, 0.1) is 17.1 Å². The van der Waals surface area contributed by atoms with E-state index in [4.69, 9.17) is 0 Å². The summed E-state index contributed by atoms with van der Waals surface area (Å²) in [5.41, 5.74) is 9.52. The molecule has 0 saturated carbocycles. The van der Waals surface area contributed by atoms with E-state index in [9.17, 15) is 9.59 Å². The zero-order valence-electron chi connectivity index (χ0n) is 17.0. The number of carbonyl (C=O) groups excluding carboxylic acids is 2. The summed E-state index contributed by atoms with van der Waals surface area (Å²) in [4.78, 5) is 26.5. The highest BCUT2D eigenvalue weighted by atomic mass is 32.1. The van der Waals surface area contributed by atoms with E-state index < -0.39 is 0 Å². The van der Waals surface area contributed by atoms with Crippen molar-refractivity contribution in [3.63, 3.8) is 0 Å². The first-order valence-electron chi connectivity index (χ1n) is 9.61. The van der Waals surface area contributed by atoms with Crippen LogP contribution in [0.3, 0.4) is 0 Å². The summed E-state index contributed by atoms with van der Waals surface area (Å²) in [6, 6.07) is 17.5. The van der Waals surface area contributed by atoms with Crippen molar-refractivity contribution in [3.8, 4) is 0 Å². The molecule has 0 bridgehead atoms. The summed E-state index contributed by atoms with van der Waals surface area (Å²) in [7, 11) is 0. The van der Waals surface area contributed by atoms with Gasteiger partial charge in [-0.1, -0.05) is 48.0 Å². The average Bonchev–Trinajstić information content (AvgIpc) is 3.28. The van der Waals surface area contributed by atoms with Crippen LogP contribution in [-0.2, 0) is 6.54 Å². The maximum atomic E-state index is 12.6. The van der Waals surface area contributed by atoms with Crippen LogP contribution in [0.5, 0.6) is 0 Å². The molecule has 2 heterocycles. The molecular formula is C23H22N4O2S. The van der Waals surface area contributed by atoms with Crippen molar-refractivity contribution in [1.82, 2.24) is 20.6 Å². The third-order valence-corrected chi connectivity index (χ3v) is 6.07. The molecule has 0 unspecified atom stereocenters. The lowest BCUT2D eigenvalue weighted by molar-refractivity contribution is 0.0848. The number of hydrogen-bond donors (Lipinski definition) is 2. The summed E-state index contributed by atoms with van der Waals surface area (Å²) in [6.45, 7) is 6.41. The van der Waals surface area contributed by atoms with Gasteiger partial charge in [-0.05, 0) is 44.0 Å². The summed E-state index contributed by atoms with van der Waals surface area (Å²) in [5.74, 6) is -0.687. The highest BCUT2D eigenvalue weighted by Gasteiger charge is 2.17. The minimum Gasteiger partial charge on any atom is -0.267 e. The van der Waals surface area contributed by atoms with E-state index in [1.165, 1.54) is 11.3 Å². The quantitative estimate of drug-likeness (QED) is 0.489. The van der Waals surface area contributed by atoms with Crippen LogP contribution >= 0.6 is 11.3 Å². The number of carbonyl (C=O) groups is 2. The number of aryl methyl sites for hydroxylation is 3. The Bertz CT molecular complexity index is 1240. The number of thiophene rings is 1. The van der Waals surface area contributed by atoms with Gasteiger partial charge < -0.3 is 0 Å². The van der Waals surface area contributed by atoms with Crippen LogP contribution in [-0.4, -0.2) is 21.6 Å². The standard InChI is InChI=1S/C23H22N4O2S/c1-14-9-10-18(15(2)11-14)21(28)24-25-22(29)20-12-19-16(3)26-27(23(19)30-20)13-17-7-5-4-6-8-17/h4-12H,13H2,1-3H3,(H,24,28)(H,25,29). The molecule has 4 aromatic rings. The Morgan fingerprint density at radius 3 is 2.43 bits per heavy atom. The second-order valence-corrected chi connectivity index (χ2v) is 8.32. The maximum absolute atomic E-state index is 12.6. The fourth-order valence-corrected chi connectivity index (χ4v) is 4.46. The van der Waals surface area contributed by atoms with Gasteiger partial charge in [0.15, 0.2) is 0 Å². The van der Waals surface area contributed by atoms with Crippen molar-refractivity contribution in [3.05, 3.63) is 87.4 Å². The molecule has 2 amide bonds. The molecule has 0 spiro atoms. The Labute approximate surface area is 178 Å². The van der Waals surface area contributed by atoms with Crippen molar-refractivity contribution in [1.29, 1.82) is 0 Å². The van der Waals surface area contributed by atoms with E-state index in [1.54, 1.807) is 6.07 Å². The van der Waals surface area contributed by atoms with Crippen molar-refractivity contribution in [2.45, 2.75) is 27.3 Å². The lowest BCUT2D eigenvalue weighted by atomic mass is 10.1. The molecule has 0 aliphatic rings. The monoisotopic (exact) mass is 418 g/mol. The van der Waals surface area contributed by atoms with Crippen molar-refractivity contribution >= 4 is 33.4 Å². The number of nitrogens with zero attached hydrogens (tertiary/aromatic N) is 2. The van der Waals surface area contributed by atoms with E-state index in [0.717, 1.165) is 32.6 Å². The van der Waals surface area contributed by atoms with E-state index in [-0.39, 0.29) is 11.8 Å². The largest absolute Gasteiger partial charge is 0.279 e. The van der Waals surface area contributed by atoms with Crippen LogP contribution in [0.4, 0.5) is 0 Å². The summed E-state index contributed by atoms with van der Waals surface area (Å²) < 4.78 is 1.91. The number of aromatic nitrogens is 2. The fourth-order valence-electron chi connectivity index (χ4n) is 3.40. The van der Waals surface area contributed by atoms with Gasteiger partial charge in [-0.3, -0.25) is 25.1 Å². The average molecular weight is 419 g/mol. The van der Waals surface area contributed by atoms with Gasteiger partial charge in [0.2, 0.25) is 0 Å². The van der Waals surface area contributed by atoms with Gasteiger partial charge in [0, 0.05) is 10.9 Å². The van der Waals surface area contributed by atoms with Crippen LogP contribution in [0.25, 0.3) is 10.2 Å². The molecule has 7 heteroatoms. The molecular weight excluding hydrogens is 396 g/mol. The summed E-state index contributed by atoms with van der Waals surface area (Å²) in [5, 5.41) is 5.55. The Kier molecular flexibility index (Phi) is 5.37. The first-order chi connectivity index (χ1) is 14.4. The lowest BCUT2D eigenvalue weighted by Crippen LogP contribution is -2.41. The molecule has 152 valence electrons. The van der Waals surface area contributed by atoms with Gasteiger partial charge in [-0.2, -0.15) is 5.10 Å². The first-order valence-corrected chi connectivity index (χ1v) is 10.4. The number of fused-ring (bicyclic) bond motifs is 1. The number of benzene rings is 2. The highest BCUT2D eigenvalue weighted by Crippen LogP contribution is 2.28. The van der Waals surface area contributed by atoms with Crippen LogP contribution in [0.1, 0.15) is 42.4 Å². The minimum absolute atomic E-state index is 0.339. The molecule has 0 fully saturated rings. The number of nitrogens with one attached hydrogen (secondary N) is 2. The number of hydrazine groups is 1. The van der Waals surface area contributed by atoms with Crippen LogP contribution in [0.2, 0.25) is 0 Å². The van der Waals surface area contributed by atoms with Crippen molar-refractivity contribution in [2.75, 3.05) is 0 Å². The molecule has 4 rings (SSSR count). The predicted molar refractivity (Wildman–Crippen MR) is 119 cm³/mol. The van der Waals surface area contributed by atoms with Crippen molar-refractivity contribution < 1.29 is 9.59 Å². The van der Waals surface area contributed by atoms with Crippen LogP contribution < -0.4 is 10.9 Å². The topological polar surface area (TPSA) is 76.0 Å². The smallest absolute Gasteiger partial charge is 0.267 e. The molecule has 0 atom stereocenters. The van der Waals surface area contributed by atoms with Crippen LogP contribution in [0, 0.1) is 20.8 Å². The first kappa shape index (κ1) is 19.8. The zero-order chi connectivity index (χ0) is 21.3.